The molecule has 2 rings (SSSR count). The van der Waals surface area contributed by atoms with Gasteiger partial charge in [-0.25, -0.2) is 27.6 Å². The number of rotatable bonds is 3. The molecule has 0 N–H and O–H groups in total. The first kappa shape index (κ1) is 17.6. The van der Waals surface area contributed by atoms with E-state index in [0.29, 0.717) is 19.4 Å². The molecule has 0 saturated carbocycles. The van der Waals surface area contributed by atoms with Crippen LogP contribution in [0.1, 0.15) is 33.6 Å². The average molecular weight is 345 g/mol. The van der Waals surface area contributed by atoms with Crippen LogP contribution in [0.3, 0.4) is 0 Å². The summed E-state index contributed by atoms with van der Waals surface area (Å²) in [4.78, 5) is 20.6. The van der Waals surface area contributed by atoms with Crippen LogP contribution in [0.4, 0.5) is 9.18 Å². The predicted octanol–water partition coefficient (Wildman–Crippen LogP) is 1.79. The van der Waals surface area contributed by atoms with E-state index in [1.807, 2.05) is 0 Å². The summed E-state index contributed by atoms with van der Waals surface area (Å²) in [5.74, 6) is -1.02. The molecule has 128 valence electrons. The fraction of sp³-hybridized carbons (Fsp3) is 0.643. The molecule has 1 amide bonds. The fourth-order valence-corrected chi connectivity index (χ4v) is 3.79. The summed E-state index contributed by atoms with van der Waals surface area (Å²) in [6.45, 7) is 5.69. The lowest BCUT2D eigenvalue weighted by Crippen LogP contribution is -2.42. The van der Waals surface area contributed by atoms with Crippen LogP contribution in [-0.2, 0) is 14.6 Å². The molecule has 1 aromatic rings. The zero-order chi connectivity index (χ0) is 17.3. The van der Waals surface area contributed by atoms with E-state index in [0.717, 1.165) is 12.4 Å². The number of carbonyl (C=O) groups excluding carboxylic acids is 1. The number of hydrogen-bond donors (Lipinski definition) is 0. The molecule has 1 saturated heterocycles. The Morgan fingerprint density at radius 1 is 1.39 bits per heavy atom. The standard InChI is InChI=1S/C14H20FN3O4S/c1-14(2,3)22-13(19)18-6-4-5-11(18)9-23(20,21)12-16-7-10(15)8-17-12/h7-8,11H,4-6,9H2,1-3H3/t11-/m0/s1. The number of nitrogens with zero attached hydrogens (tertiary/aromatic N) is 3. The van der Waals surface area contributed by atoms with Crippen molar-refractivity contribution in [3.8, 4) is 0 Å². The molecule has 1 atom stereocenters. The van der Waals surface area contributed by atoms with Gasteiger partial charge in [0.05, 0.1) is 18.1 Å². The molecule has 0 bridgehead atoms. The lowest BCUT2D eigenvalue weighted by atomic mass is 10.2. The highest BCUT2D eigenvalue weighted by Crippen LogP contribution is 2.23. The van der Waals surface area contributed by atoms with Crippen molar-refractivity contribution in [1.29, 1.82) is 0 Å². The van der Waals surface area contributed by atoms with Gasteiger partial charge in [0.25, 0.3) is 0 Å². The molecule has 23 heavy (non-hydrogen) atoms. The highest BCUT2D eigenvalue weighted by molar-refractivity contribution is 7.91. The molecule has 7 nitrogen and oxygen atoms in total. The number of ether oxygens (including phenoxy) is 1. The maximum Gasteiger partial charge on any atom is 0.410 e. The summed E-state index contributed by atoms with van der Waals surface area (Å²) in [5.41, 5.74) is -0.650. The van der Waals surface area contributed by atoms with Crippen LogP contribution in [-0.4, -0.2) is 53.3 Å². The maximum atomic E-state index is 12.8. The highest BCUT2D eigenvalue weighted by Gasteiger charge is 2.36. The molecule has 1 aliphatic rings. The monoisotopic (exact) mass is 345 g/mol. The zero-order valence-electron chi connectivity index (χ0n) is 13.3. The van der Waals surface area contributed by atoms with E-state index in [2.05, 4.69) is 9.97 Å². The van der Waals surface area contributed by atoms with Gasteiger partial charge in [0.1, 0.15) is 5.60 Å². The number of amides is 1. The van der Waals surface area contributed by atoms with E-state index in [9.17, 15) is 17.6 Å². The zero-order valence-corrected chi connectivity index (χ0v) is 14.1. The van der Waals surface area contributed by atoms with Crippen molar-refractivity contribution >= 4 is 15.9 Å². The minimum absolute atomic E-state index is 0.308. The normalized spacial score (nSPS) is 19.0. The van der Waals surface area contributed by atoms with Crippen LogP contribution < -0.4 is 0 Å². The van der Waals surface area contributed by atoms with Gasteiger partial charge >= 0.3 is 6.09 Å². The van der Waals surface area contributed by atoms with Crippen LogP contribution in [0, 0.1) is 5.82 Å². The van der Waals surface area contributed by atoms with Gasteiger partial charge in [-0.15, -0.1) is 0 Å². The number of halogens is 1. The van der Waals surface area contributed by atoms with Crippen LogP contribution in [0.2, 0.25) is 0 Å². The van der Waals surface area contributed by atoms with Crippen LogP contribution in [0.25, 0.3) is 0 Å². The van der Waals surface area contributed by atoms with Crippen molar-refractivity contribution in [2.45, 2.75) is 50.4 Å². The summed E-state index contributed by atoms with van der Waals surface area (Å²) in [6, 6.07) is -0.497. The average Bonchev–Trinajstić information content (AvgIpc) is 2.84. The summed E-state index contributed by atoms with van der Waals surface area (Å²) < 4.78 is 42.8. The molecular formula is C14H20FN3O4S. The Morgan fingerprint density at radius 2 is 2.00 bits per heavy atom. The third-order valence-corrected chi connectivity index (χ3v) is 4.88. The Balaban J connectivity index is 2.11. The summed E-state index contributed by atoms with van der Waals surface area (Å²) in [5, 5.41) is -0.435. The maximum absolute atomic E-state index is 12.8. The van der Waals surface area contributed by atoms with Gasteiger partial charge in [-0.05, 0) is 33.6 Å². The second-order valence-electron chi connectivity index (χ2n) is 6.44. The number of hydrogen-bond acceptors (Lipinski definition) is 6. The number of likely N-dealkylation sites (tertiary alicyclic amines) is 1. The van der Waals surface area contributed by atoms with Gasteiger partial charge in [-0.3, -0.25) is 0 Å². The minimum Gasteiger partial charge on any atom is -0.444 e. The summed E-state index contributed by atoms with van der Waals surface area (Å²) in [6.07, 6.45) is 2.33. The third kappa shape index (κ3) is 4.60. The van der Waals surface area contributed by atoms with E-state index in [-0.39, 0.29) is 5.75 Å². The van der Waals surface area contributed by atoms with E-state index in [1.54, 1.807) is 20.8 Å². The van der Waals surface area contributed by atoms with Gasteiger partial charge in [-0.1, -0.05) is 0 Å². The van der Waals surface area contributed by atoms with Gasteiger partial charge in [-0.2, -0.15) is 0 Å². The van der Waals surface area contributed by atoms with Crippen molar-refractivity contribution in [3.63, 3.8) is 0 Å². The van der Waals surface area contributed by atoms with Crippen molar-refractivity contribution in [2.24, 2.45) is 0 Å². The van der Waals surface area contributed by atoms with Crippen LogP contribution >= 0.6 is 0 Å². The molecule has 1 fully saturated rings. The Kier molecular flexibility index (Phi) is 4.88. The van der Waals surface area contributed by atoms with Gasteiger partial charge in [0.2, 0.25) is 15.0 Å². The second-order valence-corrected chi connectivity index (χ2v) is 8.36. The van der Waals surface area contributed by atoms with Crippen LogP contribution in [0.5, 0.6) is 0 Å². The van der Waals surface area contributed by atoms with E-state index in [4.69, 9.17) is 4.74 Å². The molecule has 0 radical (unpaired) electrons. The molecule has 2 heterocycles. The molecule has 1 aromatic heterocycles. The highest BCUT2D eigenvalue weighted by atomic mass is 32.2. The third-order valence-electron chi connectivity index (χ3n) is 3.29. The lowest BCUT2D eigenvalue weighted by Gasteiger charge is -2.28. The van der Waals surface area contributed by atoms with Gasteiger partial charge in [0.15, 0.2) is 5.82 Å². The first-order chi connectivity index (χ1) is 10.6. The first-order valence-corrected chi connectivity index (χ1v) is 8.94. The molecule has 0 spiro atoms. The summed E-state index contributed by atoms with van der Waals surface area (Å²) in [7, 11) is -3.81. The van der Waals surface area contributed by atoms with Gasteiger partial charge in [0, 0.05) is 12.6 Å². The fourth-order valence-electron chi connectivity index (χ4n) is 2.36. The Bertz CT molecular complexity index is 670. The van der Waals surface area contributed by atoms with Crippen LogP contribution in [0.15, 0.2) is 17.6 Å². The smallest absolute Gasteiger partial charge is 0.410 e. The molecule has 0 aromatic carbocycles. The Morgan fingerprint density at radius 3 is 2.57 bits per heavy atom. The quantitative estimate of drug-likeness (QED) is 0.776. The van der Waals surface area contributed by atoms with Crippen molar-refractivity contribution in [2.75, 3.05) is 12.3 Å². The molecule has 1 aliphatic heterocycles. The van der Waals surface area contributed by atoms with Crippen molar-refractivity contribution in [1.82, 2.24) is 14.9 Å². The largest absolute Gasteiger partial charge is 0.444 e. The molecule has 9 heteroatoms. The van der Waals surface area contributed by atoms with Crippen molar-refractivity contribution < 1.29 is 22.3 Å². The number of carbonyl (C=O) groups is 1. The van der Waals surface area contributed by atoms with Crippen molar-refractivity contribution in [3.05, 3.63) is 18.2 Å². The van der Waals surface area contributed by atoms with E-state index >= 15 is 0 Å². The second kappa shape index (κ2) is 6.38. The number of aromatic nitrogens is 2. The molecule has 0 unspecified atom stereocenters. The Labute approximate surface area is 134 Å². The molecular weight excluding hydrogens is 325 g/mol. The lowest BCUT2D eigenvalue weighted by molar-refractivity contribution is 0.0241. The SMILES string of the molecule is CC(C)(C)OC(=O)N1CCC[C@H]1CS(=O)(=O)c1ncc(F)cn1. The Hall–Kier alpha value is -1.77. The minimum atomic E-state index is -3.81. The topological polar surface area (TPSA) is 89.5 Å². The van der Waals surface area contributed by atoms with E-state index < -0.39 is 38.5 Å². The molecule has 0 aliphatic carbocycles. The number of sulfone groups is 1. The summed E-state index contributed by atoms with van der Waals surface area (Å²) >= 11 is 0. The van der Waals surface area contributed by atoms with Gasteiger partial charge < -0.3 is 9.64 Å². The van der Waals surface area contributed by atoms with E-state index in [1.165, 1.54) is 4.90 Å². The first-order valence-electron chi connectivity index (χ1n) is 7.28. The predicted molar refractivity (Wildman–Crippen MR) is 80.0 cm³/mol.